The summed E-state index contributed by atoms with van der Waals surface area (Å²) in [6.45, 7) is 1.73. The van der Waals surface area contributed by atoms with E-state index in [0.717, 1.165) is 5.56 Å². The number of benzene rings is 2. The number of nitro groups is 2. The number of nitro benzene ring substituents is 2. The van der Waals surface area contributed by atoms with Gasteiger partial charge in [0.1, 0.15) is 5.75 Å². The molecule has 0 aliphatic carbocycles. The molecule has 0 bridgehead atoms. The summed E-state index contributed by atoms with van der Waals surface area (Å²) in [4.78, 5) is 31.9. The molecule has 0 radical (unpaired) electrons. The molecule has 0 aliphatic rings. The second kappa shape index (κ2) is 8.50. The fourth-order valence-corrected chi connectivity index (χ4v) is 2.38. The van der Waals surface area contributed by atoms with Crippen LogP contribution in [0.15, 0.2) is 30.3 Å². The van der Waals surface area contributed by atoms with Gasteiger partial charge in [0.2, 0.25) is 5.69 Å². The molecule has 2 amide bonds. The van der Waals surface area contributed by atoms with Gasteiger partial charge in [0.25, 0.3) is 0 Å². The second-order valence-corrected chi connectivity index (χ2v) is 5.81. The molecular weight excluding hydrogens is 415 g/mol. The number of alkyl halides is 3. The zero-order valence-corrected chi connectivity index (χ0v) is 15.4. The minimum absolute atomic E-state index is 0.124. The Morgan fingerprint density at radius 1 is 1.07 bits per heavy atom. The highest BCUT2D eigenvalue weighted by molar-refractivity contribution is 5.92. The number of hydrogen-bond donors (Lipinski definition) is 3. The molecule has 14 heteroatoms. The number of carbonyl (C=O) groups is 1. The van der Waals surface area contributed by atoms with Crippen LogP contribution in [0.25, 0.3) is 0 Å². The van der Waals surface area contributed by atoms with Crippen LogP contribution < -0.4 is 20.9 Å². The quantitative estimate of drug-likeness (QED) is 0.464. The van der Waals surface area contributed by atoms with Crippen LogP contribution in [0.1, 0.15) is 11.1 Å². The fraction of sp³-hybridized carbons (Fsp3) is 0.188. The number of amides is 2. The number of methoxy groups -OCH3 is 1. The van der Waals surface area contributed by atoms with Crippen LogP contribution in [-0.2, 0) is 6.18 Å². The first kappa shape index (κ1) is 22.2. The lowest BCUT2D eigenvalue weighted by Gasteiger charge is -2.14. The molecule has 0 aromatic heterocycles. The van der Waals surface area contributed by atoms with Gasteiger partial charge in [0.15, 0.2) is 0 Å². The number of aryl methyl sites for hydroxylation is 1. The maximum absolute atomic E-state index is 12.9. The molecule has 2 rings (SSSR count). The van der Waals surface area contributed by atoms with E-state index in [1.165, 1.54) is 7.11 Å². The largest absolute Gasteiger partial charge is 0.495 e. The number of halogens is 3. The molecule has 11 nitrogen and oxygen atoms in total. The van der Waals surface area contributed by atoms with Crippen molar-refractivity contribution in [3.63, 3.8) is 0 Å². The number of carbonyl (C=O) groups excluding carboxylic acids is 1. The number of hydrogen-bond acceptors (Lipinski definition) is 7. The Morgan fingerprint density at radius 2 is 1.63 bits per heavy atom. The molecule has 0 atom stereocenters. The number of nitrogens with zero attached hydrogens (tertiary/aromatic N) is 2. The number of anilines is 2. The van der Waals surface area contributed by atoms with Crippen molar-refractivity contribution in [2.24, 2.45) is 0 Å². The molecule has 3 N–H and O–H groups in total. The van der Waals surface area contributed by atoms with Gasteiger partial charge in [-0.15, -0.1) is 0 Å². The Bertz CT molecular complexity index is 976. The van der Waals surface area contributed by atoms with Gasteiger partial charge >= 0.3 is 23.6 Å². The van der Waals surface area contributed by atoms with E-state index in [1.807, 2.05) is 10.9 Å². The second-order valence-electron chi connectivity index (χ2n) is 5.81. The Morgan fingerprint density at radius 3 is 2.10 bits per heavy atom. The standard InChI is InChI=1S/C16H14F3N5O6/c1-8-3-4-13(30-2)10(5-8)20-15(25)22-21-14-11(23(26)27)6-9(16(17,18)19)7-12(14)24(28)29/h3-7,21H,1-2H3,(H2,20,22,25). The summed E-state index contributed by atoms with van der Waals surface area (Å²) in [6.07, 6.45) is -5.05. The molecule has 0 aliphatic heterocycles. The summed E-state index contributed by atoms with van der Waals surface area (Å²) in [6, 6.07) is 4.04. The number of rotatable bonds is 6. The third-order valence-electron chi connectivity index (χ3n) is 3.72. The fourth-order valence-electron chi connectivity index (χ4n) is 2.38. The van der Waals surface area contributed by atoms with Crippen LogP contribution in [0, 0.1) is 27.2 Å². The van der Waals surface area contributed by atoms with Crippen molar-refractivity contribution in [1.29, 1.82) is 0 Å². The van der Waals surface area contributed by atoms with Gasteiger partial charge in [-0.3, -0.25) is 31.1 Å². The predicted molar refractivity (Wildman–Crippen MR) is 98.3 cm³/mol. The SMILES string of the molecule is COc1ccc(C)cc1NC(=O)NNc1c([N+](=O)[O-])cc(C(F)(F)F)cc1[N+](=O)[O-]. The monoisotopic (exact) mass is 429 g/mol. The van der Waals surface area contributed by atoms with Crippen LogP contribution in [0.2, 0.25) is 0 Å². The lowest BCUT2D eigenvalue weighted by Crippen LogP contribution is -2.34. The van der Waals surface area contributed by atoms with Crippen molar-refractivity contribution in [2.75, 3.05) is 17.9 Å². The number of nitrogens with one attached hydrogen (secondary N) is 3. The normalized spacial score (nSPS) is 10.8. The highest BCUT2D eigenvalue weighted by Gasteiger charge is 2.37. The lowest BCUT2D eigenvalue weighted by molar-refractivity contribution is -0.392. The van der Waals surface area contributed by atoms with Gasteiger partial charge in [0.05, 0.1) is 28.2 Å². The number of ether oxygens (including phenoxy) is 1. The smallest absolute Gasteiger partial charge is 0.416 e. The highest BCUT2D eigenvalue weighted by Crippen LogP contribution is 2.40. The maximum atomic E-state index is 12.9. The van der Waals surface area contributed by atoms with Gasteiger partial charge in [-0.1, -0.05) is 6.07 Å². The van der Waals surface area contributed by atoms with E-state index in [0.29, 0.717) is 0 Å². The number of urea groups is 1. The van der Waals surface area contributed by atoms with Gasteiger partial charge in [-0.2, -0.15) is 13.2 Å². The summed E-state index contributed by atoms with van der Waals surface area (Å²) >= 11 is 0. The van der Waals surface area contributed by atoms with Crippen LogP contribution in [0.4, 0.5) is 40.7 Å². The average molecular weight is 429 g/mol. The summed E-state index contributed by atoms with van der Waals surface area (Å²) in [5.41, 5.74) is -0.164. The summed E-state index contributed by atoms with van der Waals surface area (Å²) in [5.74, 6) is 0.280. The van der Waals surface area contributed by atoms with E-state index in [1.54, 1.807) is 25.1 Å². The van der Waals surface area contributed by atoms with Crippen molar-refractivity contribution < 1.29 is 32.5 Å². The third kappa shape index (κ3) is 5.03. The minimum Gasteiger partial charge on any atom is -0.495 e. The Hall–Kier alpha value is -4.10. The molecule has 0 unspecified atom stereocenters. The predicted octanol–water partition coefficient (Wildman–Crippen LogP) is 3.99. The van der Waals surface area contributed by atoms with Gasteiger partial charge in [-0.25, -0.2) is 4.79 Å². The van der Waals surface area contributed by atoms with E-state index in [9.17, 15) is 38.2 Å². The van der Waals surface area contributed by atoms with Crippen molar-refractivity contribution in [2.45, 2.75) is 13.1 Å². The summed E-state index contributed by atoms with van der Waals surface area (Å²) in [5, 5.41) is 24.7. The molecule has 2 aromatic rings. The highest BCUT2D eigenvalue weighted by atomic mass is 19.4. The Kier molecular flexibility index (Phi) is 6.29. The van der Waals surface area contributed by atoms with E-state index < -0.39 is 44.7 Å². The topological polar surface area (TPSA) is 149 Å². The van der Waals surface area contributed by atoms with E-state index in [-0.39, 0.29) is 23.6 Å². The van der Waals surface area contributed by atoms with Crippen LogP contribution in [0.3, 0.4) is 0 Å². The molecule has 30 heavy (non-hydrogen) atoms. The molecule has 0 saturated carbocycles. The Balaban J connectivity index is 2.34. The molecular formula is C16H14F3N5O6. The van der Waals surface area contributed by atoms with E-state index in [4.69, 9.17) is 4.74 Å². The molecule has 160 valence electrons. The average Bonchev–Trinajstić information content (AvgIpc) is 2.64. The number of hydrazine groups is 1. The lowest BCUT2D eigenvalue weighted by atomic mass is 10.1. The van der Waals surface area contributed by atoms with E-state index >= 15 is 0 Å². The van der Waals surface area contributed by atoms with Crippen molar-refractivity contribution >= 4 is 28.8 Å². The molecule has 0 saturated heterocycles. The van der Waals surface area contributed by atoms with Gasteiger partial charge in [0, 0.05) is 12.1 Å². The first-order chi connectivity index (χ1) is 13.9. The molecule has 0 spiro atoms. The zero-order chi connectivity index (χ0) is 22.6. The first-order valence-corrected chi connectivity index (χ1v) is 7.95. The van der Waals surface area contributed by atoms with Crippen molar-refractivity contribution in [1.82, 2.24) is 5.43 Å². The molecule has 0 fully saturated rings. The van der Waals surface area contributed by atoms with Crippen molar-refractivity contribution in [3.8, 4) is 5.75 Å². The zero-order valence-electron chi connectivity index (χ0n) is 15.4. The van der Waals surface area contributed by atoms with E-state index in [2.05, 4.69) is 5.32 Å². The minimum atomic E-state index is -5.05. The first-order valence-electron chi connectivity index (χ1n) is 7.95. The van der Waals surface area contributed by atoms with Crippen LogP contribution in [0.5, 0.6) is 5.75 Å². The van der Waals surface area contributed by atoms with Crippen molar-refractivity contribution in [3.05, 3.63) is 61.7 Å². The Labute approximate surface area is 166 Å². The summed E-state index contributed by atoms with van der Waals surface area (Å²) in [7, 11) is 1.35. The van der Waals surface area contributed by atoms with Crippen LogP contribution >= 0.6 is 0 Å². The molecule has 2 aromatic carbocycles. The summed E-state index contributed by atoms with van der Waals surface area (Å²) < 4.78 is 43.8. The van der Waals surface area contributed by atoms with Gasteiger partial charge < -0.3 is 10.1 Å². The molecule has 0 heterocycles. The maximum Gasteiger partial charge on any atom is 0.416 e. The third-order valence-corrected chi connectivity index (χ3v) is 3.72. The van der Waals surface area contributed by atoms with Crippen LogP contribution in [-0.4, -0.2) is 23.0 Å². The van der Waals surface area contributed by atoms with Gasteiger partial charge in [-0.05, 0) is 24.6 Å².